The predicted molar refractivity (Wildman–Crippen MR) is 105 cm³/mol. The Hall–Kier alpha value is -1.59. The van der Waals surface area contributed by atoms with Gasteiger partial charge in [-0.05, 0) is 43.5 Å². The third kappa shape index (κ3) is 9.21. The van der Waals surface area contributed by atoms with Crippen LogP contribution in [0.3, 0.4) is 0 Å². The third-order valence-corrected chi connectivity index (χ3v) is 3.67. The minimum absolute atomic E-state index is 0.167. The monoisotopic (exact) mass is 392 g/mol. The Morgan fingerprint density at radius 1 is 1.39 bits per heavy atom. The van der Waals surface area contributed by atoms with Crippen molar-refractivity contribution in [3.05, 3.63) is 69.7 Å². The zero-order chi connectivity index (χ0) is 16.9. The van der Waals surface area contributed by atoms with Gasteiger partial charge in [0, 0.05) is 23.4 Å². The van der Waals surface area contributed by atoms with Crippen LogP contribution in [0.2, 0.25) is 0 Å². The summed E-state index contributed by atoms with van der Waals surface area (Å²) in [6.45, 7) is 2.44. The van der Waals surface area contributed by atoms with E-state index in [1.165, 1.54) is 5.56 Å². The molecule has 0 bridgehead atoms. The summed E-state index contributed by atoms with van der Waals surface area (Å²) in [6, 6.07) is 8.04. The van der Waals surface area contributed by atoms with Crippen molar-refractivity contribution < 1.29 is 4.79 Å². The fourth-order valence-electron chi connectivity index (χ4n) is 1.70. The number of nitrogens with zero attached hydrogens (tertiary/aromatic N) is 1. The van der Waals surface area contributed by atoms with Crippen molar-refractivity contribution in [3.8, 4) is 0 Å². The van der Waals surface area contributed by atoms with Gasteiger partial charge in [-0.15, -0.1) is 12.6 Å². The normalized spacial score (nSPS) is 12.6. The van der Waals surface area contributed by atoms with Gasteiger partial charge < -0.3 is 5.32 Å². The summed E-state index contributed by atoms with van der Waals surface area (Å²) in [5.74, 6) is -0.167. The second kappa shape index (κ2) is 11.9. The molecule has 0 atom stereocenters. The molecule has 0 fully saturated rings. The van der Waals surface area contributed by atoms with Crippen molar-refractivity contribution in [2.24, 2.45) is 4.99 Å². The van der Waals surface area contributed by atoms with Crippen LogP contribution in [0.4, 0.5) is 0 Å². The summed E-state index contributed by atoms with van der Waals surface area (Å²) in [5, 5.41) is 2.85. The van der Waals surface area contributed by atoms with Gasteiger partial charge in [-0.3, -0.25) is 9.79 Å². The summed E-state index contributed by atoms with van der Waals surface area (Å²) in [6.07, 6.45) is 12.4. The Morgan fingerprint density at radius 3 is 2.96 bits per heavy atom. The number of carbonyl (C=O) groups is 1. The molecule has 0 aliphatic carbocycles. The molecule has 0 unspecified atom stereocenters. The van der Waals surface area contributed by atoms with Gasteiger partial charge in [0.1, 0.15) is 0 Å². The van der Waals surface area contributed by atoms with E-state index in [4.69, 9.17) is 0 Å². The van der Waals surface area contributed by atoms with Crippen LogP contribution in [0.1, 0.15) is 18.9 Å². The maximum atomic E-state index is 11.9. The number of allylic oxidation sites excluding steroid dienone is 4. The van der Waals surface area contributed by atoms with E-state index < -0.39 is 0 Å². The SMILES string of the molecule is CC=N/C=C\C/C=C/C=C(\S)C(=O)NCCc1cccc(Br)c1. The van der Waals surface area contributed by atoms with Gasteiger partial charge >= 0.3 is 0 Å². The van der Waals surface area contributed by atoms with E-state index in [1.807, 2.05) is 49.4 Å². The molecule has 1 rings (SSSR count). The van der Waals surface area contributed by atoms with Crippen LogP contribution >= 0.6 is 28.6 Å². The maximum absolute atomic E-state index is 11.9. The van der Waals surface area contributed by atoms with E-state index in [2.05, 4.69) is 38.9 Å². The molecule has 1 N–H and O–H groups in total. The largest absolute Gasteiger partial charge is 0.351 e. The van der Waals surface area contributed by atoms with Crippen molar-refractivity contribution in [2.45, 2.75) is 19.8 Å². The lowest BCUT2D eigenvalue weighted by Gasteiger charge is -2.05. The highest BCUT2D eigenvalue weighted by atomic mass is 79.9. The minimum Gasteiger partial charge on any atom is -0.351 e. The molecule has 0 aromatic heterocycles. The van der Waals surface area contributed by atoms with Gasteiger partial charge in [-0.25, -0.2) is 0 Å². The van der Waals surface area contributed by atoms with Crippen molar-refractivity contribution in [1.82, 2.24) is 5.32 Å². The second-order valence-electron chi connectivity index (χ2n) is 4.64. The Bertz CT molecular complexity index is 621. The minimum atomic E-state index is -0.167. The molecule has 0 radical (unpaired) electrons. The molecule has 1 amide bonds. The molecule has 0 aliphatic rings. The van der Waals surface area contributed by atoms with Crippen LogP contribution in [0.5, 0.6) is 0 Å². The molecule has 23 heavy (non-hydrogen) atoms. The van der Waals surface area contributed by atoms with E-state index in [1.54, 1.807) is 18.5 Å². The quantitative estimate of drug-likeness (QED) is 0.291. The zero-order valence-corrected chi connectivity index (χ0v) is 15.6. The highest BCUT2D eigenvalue weighted by Gasteiger charge is 2.03. The molecule has 122 valence electrons. The van der Waals surface area contributed by atoms with Crippen LogP contribution in [-0.4, -0.2) is 18.7 Å². The highest BCUT2D eigenvalue weighted by Crippen LogP contribution is 2.11. The number of carbonyl (C=O) groups excluding carboxylic acids is 1. The summed E-state index contributed by atoms with van der Waals surface area (Å²) >= 11 is 7.64. The van der Waals surface area contributed by atoms with Crippen LogP contribution < -0.4 is 5.32 Å². The van der Waals surface area contributed by atoms with Gasteiger partial charge in [0.05, 0.1) is 4.91 Å². The maximum Gasteiger partial charge on any atom is 0.257 e. The van der Waals surface area contributed by atoms with E-state index in [9.17, 15) is 4.79 Å². The molecule has 0 aliphatic heterocycles. The Kier molecular flexibility index (Phi) is 10.1. The fourth-order valence-corrected chi connectivity index (χ4v) is 2.31. The predicted octanol–water partition coefficient (Wildman–Crippen LogP) is 4.47. The topological polar surface area (TPSA) is 41.5 Å². The number of aliphatic imine (C=N–C) groups is 1. The summed E-state index contributed by atoms with van der Waals surface area (Å²) in [5.41, 5.74) is 1.17. The lowest BCUT2D eigenvalue weighted by Crippen LogP contribution is -2.25. The molecule has 0 saturated heterocycles. The lowest BCUT2D eigenvalue weighted by atomic mass is 10.1. The van der Waals surface area contributed by atoms with Crippen LogP contribution in [0.25, 0.3) is 0 Å². The first-order valence-electron chi connectivity index (χ1n) is 7.34. The molecule has 1 aromatic rings. The average Bonchev–Trinajstić information content (AvgIpc) is 2.53. The smallest absolute Gasteiger partial charge is 0.257 e. The summed E-state index contributed by atoms with van der Waals surface area (Å²) in [7, 11) is 0. The van der Waals surface area contributed by atoms with Gasteiger partial charge in [0.25, 0.3) is 5.91 Å². The number of hydrogen-bond donors (Lipinski definition) is 2. The molecule has 0 heterocycles. The van der Waals surface area contributed by atoms with E-state index in [0.717, 1.165) is 17.3 Å². The molecule has 3 nitrogen and oxygen atoms in total. The van der Waals surface area contributed by atoms with E-state index >= 15 is 0 Å². The number of amides is 1. The van der Waals surface area contributed by atoms with Crippen LogP contribution in [0, 0.1) is 0 Å². The fraction of sp³-hybridized carbons (Fsp3) is 0.222. The van der Waals surface area contributed by atoms with Crippen molar-refractivity contribution >= 4 is 40.7 Å². The number of rotatable bonds is 8. The van der Waals surface area contributed by atoms with Gasteiger partial charge in [-0.1, -0.05) is 46.3 Å². The molecule has 0 spiro atoms. The number of halogens is 1. The number of nitrogens with one attached hydrogen (secondary N) is 1. The zero-order valence-electron chi connectivity index (χ0n) is 13.1. The van der Waals surface area contributed by atoms with E-state index in [-0.39, 0.29) is 5.91 Å². The first-order valence-corrected chi connectivity index (χ1v) is 8.58. The average molecular weight is 393 g/mol. The van der Waals surface area contributed by atoms with Crippen molar-refractivity contribution in [2.75, 3.05) is 6.54 Å². The van der Waals surface area contributed by atoms with Crippen molar-refractivity contribution in [1.29, 1.82) is 0 Å². The third-order valence-electron chi connectivity index (χ3n) is 2.82. The lowest BCUT2D eigenvalue weighted by molar-refractivity contribution is -0.116. The Morgan fingerprint density at radius 2 is 2.22 bits per heavy atom. The Labute approximate surface area is 151 Å². The number of thiol groups is 1. The first-order chi connectivity index (χ1) is 11.1. The summed E-state index contributed by atoms with van der Waals surface area (Å²) < 4.78 is 1.04. The van der Waals surface area contributed by atoms with Gasteiger partial charge in [-0.2, -0.15) is 0 Å². The highest BCUT2D eigenvalue weighted by molar-refractivity contribution is 9.10. The molecule has 1 aromatic carbocycles. The van der Waals surface area contributed by atoms with Crippen LogP contribution in [0.15, 0.2) is 69.1 Å². The van der Waals surface area contributed by atoms with Gasteiger partial charge in [0.2, 0.25) is 0 Å². The van der Waals surface area contributed by atoms with Crippen molar-refractivity contribution in [3.63, 3.8) is 0 Å². The molecule has 5 heteroatoms. The molecular weight excluding hydrogens is 372 g/mol. The standard InChI is InChI=1S/C18H21BrN2OS/c1-2-20-12-6-4-3-5-10-17(23)18(22)21-13-11-15-8-7-9-16(19)14-15/h2-3,5-10,12,14,23H,4,11,13H2,1H3,(H,21,22)/b5-3+,12-6-,17-10-,20-2?. The molecule has 0 saturated carbocycles. The van der Waals surface area contributed by atoms with Crippen LogP contribution in [-0.2, 0) is 11.2 Å². The van der Waals surface area contributed by atoms with Gasteiger partial charge in [0.15, 0.2) is 0 Å². The second-order valence-corrected chi connectivity index (χ2v) is 6.04. The summed E-state index contributed by atoms with van der Waals surface area (Å²) in [4.78, 5) is 16.2. The number of benzene rings is 1. The number of hydrogen-bond acceptors (Lipinski definition) is 3. The molecular formula is C18H21BrN2OS. The first kappa shape index (κ1) is 19.5. The Balaban J connectivity index is 2.32. The van der Waals surface area contributed by atoms with E-state index in [0.29, 0.717) is 11.4 Å².